The van der Waals surface area contributed by atoms with Crippen LogP contribution in [0.25, 0.3) is 11.0 Å². The number of nitrogens with one attached hydrogen (secondary N) is 2. The van der Waals surface area contributed by atoms with Crippen LogP contribution in [0.5, 0.6) is 5.88 Å². The van der Waals surface area contributed by atoms with Crippen molar-refractivity contribution in [3.8, 4) is 5.88 Å². The lowest BCUT2D eigenvalue weighted by molar-refractivity contribution is 0.0800. The van der Waals surface area contributed by atoms with Gasteiger partial charge in [0, 0.05) is 26.9 Å². The van der Waals surface area contributed by atoms with Crippen LogP contribution in [0.2, 0.25) is 0 Å². The average Bonchev–Trinajstić information content (AvgIpc) is 2.95. The van der Waals surface area contributed by atoms with Crippen molar-refractivity contribution >= 4 is 17.0 Å². The fraction of sp³-hybridized carbons (Fsp3) is 0.615. The number of nitrogens with zero attached hydrogens (tertiary/aromatic N) is 3. The summed E-state index contributed by atoms with van der Waals surface area (Å²) in [4.78, 5) is 8.63. The molecule has 21 heavy (non-hydrogen) atoms. The molecule has 0 radical (unpaired) electrons. The Balaban J connectivity index is 1.87. The summed E-state index contributed by atoms with van der Waals surface area (Å²) in [5.74, 6) is 1.02. The molecule has 0 amide bonds. The van der Waals surface area contributed by atoms with Crippen molar-refractivity contribution < 1.29 is 14.2 Å². The monoisotopic (exact) mass is 295 g/mol. The quantitative estimate of drug-likeness (QED) is 0.636. The molecule has 8 heteroatoms. The van der Waals surface area contributed by atoms with Crippen LogP contribution < -0.4 is 10.1 Å². The van der Waals surface area contributed by atoms with E-state index in [4.69, 9.17) is 14.2 Å². The van der Waals surface area contributed by atoms with Crippen LogP contribution in [0.4, 0.5) is 5.95 Å². The minimum Gasteiger partial charge on any atom is -0.475 e. The van der Waals surface area contributed by atoms with Crippen LogP contribution >= 0.6 is 0 Å². The highest BCUT2D eigenvalue weighted by atomic mass is 16.5. The van der Waals surface area contributed by atoms with Crippen molar-refractivity contribution in [2.75, 3.05) is 45.4 Å². The molecular formula is C13H21N5O3. The Labute approximate surface area is 123 Å². The number of aromatic amines is 1. The largest absolute Gasteiger partial charge is 0.475 e. The van der Waals surface area contributed by atoms with Crippen molar-refractivity contribution in [3.05, 3.63) is 6.20 Å². The Kier molecular flexibility index (Phi) is 6.17. The zero-order valence-corrected chi connectivity index (χ0v) is 12.4. The minimum absolute atomic E-state index is 0.426. The Hall–Kier alpha value is -1.93. The van der Waals surface area contributed by atoms with Gasteiger partial charge in [0.15, 0.2) is 5.65 Å². The summed E-state index contributed by atoms with van der Waals surface area (Å²) in [5, 5.41) is 10.6. The second-order valence-electron chi connectivity index (χ2n) is 4.32. The van der Waals surface area contributed by atoms with Gasteiger partial charge in [-0.1, -0.05) is 0 Å². The number of ether oxygens (including phenoxy) is 3. The number of methoxy groups -OCH3 is 1. The molecule has 0 fully saturated rings. The number of H-pyrrole nitrogens is 1. The normalized spacial score (nSPS) is 11.0. The summed E-state index contributed by atoms with van der Waals surface area (Å²) in [6, 6.07) is 0. The van der Waals surface area contributed by atoms with E-state index in [0.717, 1.165) is 18.4 Å². The Morgan fingerprint density at radius 2 is 2.10 bits per heavy atom. The Morgan fingerprint density at radius 1 is 1.19 bits per heavy atom. The number of hydrogen-bond acceptors (Lipinski definition) is 7. The topological polar surface area (TPSA) is 94.2 Å². The van der Waals surface area contributed by atoms with Crippen molar-refractivity contribution in [2.45, 2.75) is 13.3 Å². The van der Waals surface area contributed by atoms with Gasteiger partial charge in [-0.15, -0.1) is 0 Å². The molecule has 0 bridgehead atoms. The summed E-state index contributed by atoms with van der Waals surface area (Å²) < 4.78 is 16.1. The molecule has 8 nitrogen and oxygen atoms in total. The lowest BCUT2D eigenvalue weighted by atomic mass is 10.4. The van der Waals surface area contributed by atoms with Crippen LogP contribution in [0.1, 0.15) is 13.3 Å². The molecule has 2 rings (SSSR count). The summed E-state index contributed by atoms with van der Waals surface area (Å²) >= 11 is 0. The molecule has 2 N–H and O–H groups in total. The number of fused-ring (bicyclic) bond motifs is 1. The van der Waals surface area contributed by atoms with Crippen LogP contribution in [-0.4, -0.2) is 60.2 Å². The first-order valence-corrected chi connectivity index (χ1v) is 6.99. The van der Waals surface area contributed by atoms with E-state index in [1.807, 2.05) is 6.92 Å². The maximum absolute atomic E-state index is 5.66. The maximum atomic E-state index is 5.66. The van der Waals surface area contributed by atoms with Crippen LogP contribution in [0, 0.1) is 0 Å². The summed E-state index contributed by atoms with van der Waals surface area (Å²) in [7, 11) is 1.68. The van der Waals surface area contributed by atoms with Gasteiger partial charge in [-0.2, -0.15) is 15.1 Å². The van der Waals surface area contributed by atoms with Crippen LogP contribution in [-0.2, 0) is 9.47 Å². The lowest BCUT2D eigenvalue weighted by Crippen LogP contribution is -2.10. The van der Waals surface area contributed by atoms with Gasteiger partial charge in [-0.05, 0) is 13.3 Å². The van der Waals surface area contributed by atoms with Crippen molar-refractivity contribution in [1.82, 2.24) is 20.2 Å². The molecular weight excluding hydrogens is 274 g/mol. The molecule has 0 saturated carbocycles. The third kappa shape index (κ3) is 4.54. The molecule has 0 aliphatic heterocycles. The molecule has 0 saturated heterocycles. The van der Waals surface area contributed by atoms with E-state index in [1.54, 1.807) is 13.3 Å². The van der Waals surface area contributed by atoms with E-state index >= 15 is 0 Å². The third-order valence-electron chi connectivity index (χ3n) is 2.71. The van der Waals surface area contributed by atoms with Crippen molar-refractivity contribution in [2.24, 2.45) is 0 Å². The second-order valence-corrected chi connectivity index (χ2v) is 4.32. The molecule has 2 aromatic rings. The van der Waals surface area contributed by atoms with E-state index in [-0.39, 0.29) is 0 Å². The second kappa shape index (κ2) is 8.38. The van der Waals surface area contributed by atoms with Gasteiger partial charge >= 0.3 is 0 Å². The summed E-state index contributed by atoms with van der Waals surface area (Å²) in [6.45, 7) is 5.01. The van der Waals surface area contributed by atoms with Gasteiger partial charge in [0.1, 0.15) is 12.0 Å². The molecule has 0 aliphatic carbocycles. The molecule has 0 aliphatic rings. The predicted octanol–water partition coefficient (Wildman–Crippen LogP) is 1.22. The van der Waals surface area contributed by atoms with Crippen LogP contribution in [0.15, 0.2) is 6.20 Å². The first-order valence-electron chi connectivity index (χ1n) is 6.99. The first kappa shape index (κ1) is 15.5. The van der Waals surface area contributed by atoms with E-state index in [0.29, 0.717) is 43.9 Å². The van der Waals surface area contributed by atoms with E-state index < -0.39 is 0 Å². The van der Waals surface area contributed by atoms with Gasteiger partial charge in [0.05, 0.1) is 12.8 Å². The Morgan fingerprint density at radius 3 is 2.90 bits per heavy atom. The Bertz CT molecular complexity index is 546. The van der Waals surface area contributed by atoms with Gasteiger partial charge in [0.2, 0.25) is 11.8 Å². The van der Waals surface area contributed by atoms with Gasteiger partial charge in [0.25, 0.3) is 0 Å². The third-order valence-corrected chi connectivity index (χ3v) is 2.71. The number of hydrogen-bond donors (Lipinski definition) is 2. The lowest BCUT2D eigenvalue weighted by Gasteiger charge is -2.09. The van der Waals surface area contributed by atoms with Gasteiger partial charge in [-0.3, -0.25) is 5.10 Å². The molecule has 0 spiro atoms. The fourth-order valence-corrected chi connectivity index (χ4v) is 1.76. The highest BCUT2D eigenvalue weighted by Crippen LogP contribution is 2.21. The van der Waals surface area contributed by atoms with E-state index in [1.165, 1.54) is 0 Å². The standard InChI is InChI=1S/C13H21N5O3/c1-3-14-13-16-11-10(9-15-18-11)12(17-13)21-8-7-20-6-4-5-19-2/h9H,3-8H2,1-2H3,(H2,14,15,16,17,18). The summed E-state index contributed by atoms with van der Waals surface area (Å²) in [6.07, 6.45) is 2.53. The highest BCUT2D eigenvalue weighted by Gasteiger charge is 2.10. The van der Waals surface area contributed by atoms with E-state index in [9.17, 15) is 0 Å². The fourth-order valence-electron chi connectivity index (χ4n) is 1.76. The van der Waals surface area contributed by atoms with Crippen molar-refractivity contribution in [1.29, 1.82) is 0 Å². The number of anilines is 1. The average molecular weight is 295 g/mol. The summed E-state index contributed by atoms with van der Waals surface area (Å²) in [5.41, 5.74) is 0.650. The molecule has 0 unspecified atom stereocenters. The molecule has 0 aromatic carbocycles. The molecule has 116 valence electrons. The first-order chi connectivity index (χ1) is 10.3. The highest BCUT2D eigenvalue weighted by molar-refractivity contribution is 5.80. The van der Waals surface area contributed by atoms with Gasteiger partial charge < -0.3 is 19.5 Å². The predicted molar refractivity (Wildman–Crippen MR) is 78.7 cm³/mol. The zero-order valence-electron chi connectivity index (χ0n) is 12.4. The number of aromatic nitrogens is 4. The minimum atomic E-state index is 0.426. The molecule has 2 heterocycles. The SMILES string of the molecule is CCNc1nc(OCCOCCCOC)c2cn[nH]c2n1. The number of rotatable bonds is 10. The smallest absolute Gasteiger partial charge is 0.229 e. The van der Waals surface area contributed by atoms with Crippen molar-refractivity contribution in [3.63, 3.8) is 0 Å². The maximum Gasteiger partial charge on any atom is 0.229 e. The van der Waals surface area contributed by atoms with Gasteiger partial charge in [-0.25, -0.2) is 0 Å². The zero-order chi connectivity index (χ0) is 14.9. The van der Waals surface area contributed by atoms with E-state index in [2.05, 4.69) is 25.5 Å². The molecule has 0 atom stereocenters. The molecule has 2 aromatic heterocycles. The van der Waals surface area contributed by atoms with Crippen LogP contribution in [0.3, 0.4) is 0 Å².